The van der Waals surface area contributed by atoms with Crippen molar-refractivity contribution in [3.8, 4) is 0 Å². The van der Waals surface area contributed by atoms with Crippen LogP contribution in [0.3, 0.4) is 0 Å². The molecule has 0 saturated carbocycles. The molecule has 0 fully saturated rings. The smallest absolute Gasteiger partial charge is 0.207 e. The van der Waals surface area contributed by atoms with Gasteiger partial charge >= 0.3 is 0 Å². The van der Waals surface area contributed by atoms with Crippen molar-refractivity contribution in [1.29, 1.82) is 0 Å². The van der Waals surface area contributed by atoms with E-state index in [0.717, 1.165) is 12.1 Å². The van der Waals surface area contributed by atoms with Crippen molar-refractivity contribution in [1.82, 2.24) is 4.72 Å². The zero-order valence-electron chi connectivity index (χ0n) is 10.1. The molecule has 108 valence electrons. The van der Waals surface area contributed by atoms with Crippen LogP contribution in [0.25, 0.3) is 0 Å². The van der Waals surface area contributed by atoms with E-state index in [4.69, 9.17) is 0 Å². The fraction of sp³-hybridized carbons (Fsp3) is 0.455. The first-order valence-electron chi connectivity index (χ1n) is 5.41. The lowest BCUT2D eigenvalue weighted by Crippen LogP contribution is -2.51. The maximum atomic E-state index is 13.5. The van der Waals surface area contributed by atoms with E-state index in [1.54, 1.807) is 6.92 Å². The third-order valence-corrected chi connectivity index (χ3v) is 6.46. The van der Waals surface area contributed by atoms with Crippen LogP contribution in [0.4, 0.5) is 8.78 Å². The Bertz CT molecular complexity index is 539. The minimum Gasteiger partial charge on any atom is -0.207 e. The van der Waals surface area contributed by atoms with Crippen molar-refractivity contribution >= 4 is 41.9 Å². The Hall–Kier alpha value is -0.0500. The first-order valence-corrected chi connectivity index (χ1v) is 9.14. The molecule has 0 amide bonds. The van der Waals surface area contributed by atoms with Gasteiger partial charge in [0.15, 0.2) is 0 Å². The van der Waals surface area contributed by atoms with Gasteiger partial charge in [-0.1, -0.05) is 38.8 Å². The largest absolute Gasteiger partial charge is 0.244 e. The van der Waals surface area contributed by atoms with Gasteiger partial charge in [0, 0.05) is 10.7 Å². The monoisotopic (exact) mass is 419 g/mol. The van der Waals surface area contributed by atoms with Gasteiger partial charge in [-0.05, 0) is 24.6 Å². The average Bonchev–Trinajstić information content (AvgIpc) is 2.39. The predicted molar refractivity (Wildman–Crippen MR) is 77.3 cm³/mol. The Morgan fingerprint density at radius 3 is 2.32 bits per heavy atom. The molecular weight excluding hydrogens is 408 g/mol. The second kappa shape index (κ2) is 6.60. The average molecular weight is 421 g/mol. The van der Waals surface area contributed by atoms with E-state index in [1.165, 1.54) is 0 Å². The number of sulfonamides is 1. The highest BCUT2D eigenvalue weighted by Gasteiger charge is 2.33. The zero-order valence-corrected chi connectivity index (χ0v) is 14.1. The Morgan fingerprint density at radius 1 is 1.26 bits per heavy atom. The molecule has 0 heterocycles. The summed E-state index contributed by atoms with van der Waals surface area (Å²) in [5.41, 5.74) is -0.794. The lowest BCUT2D eigenvalue weighted by Gasteiger charge is -2.29. The molecule has 0 aliphatic heterocycles. The van der Waals surface area contributed by atoms with E-state index in [1.807, 2.05) is 0 Å². The molecule has 8 heteroatoms. The van der Waals surface area contributed by atoms with E-state index in [2.05, 4.69) is 36.6 Å². The molecular formula is C11H13Br2F2NO2S. The van der Waals surface area contributed by atoms with Crippen molar-refractivity contribution in [3.05, 3.63) is 29.8 Å². The normalized spacial score (nSPS) is 12.7. The highest BCUT2D eigenvalue weighted by Crippen LogP contribution is 2.22. The Labute approximate surface area is 128 Å². The molecule has 0 radical (unpaired) electrons. The molecule has 19 heavy (non-hydrogen) atoms. The summed E-state index contributed by atoms with van der Waals surface area (Å²) in [7, 11) is -4.13. The molecule has 3 nitrogen and oxygen atoms in total. The van der Waals surface area contributed by atoms with Crippen molar-refractivity contribution in [3.63, 3.8) is 0 Å². The number of rotatable bonds is 6. The third kappa shape index (κ3) is 3.96. The van der Waals surface area contributed by atoms with Crippen molar-refractivity contribution < 1.29 is 17.2 Å². The predicted octanol–water partition coefficient (Wildman–Crippen LogP) is 3.18. The van der Waals surface area contributed by atoms with Gasteiger partial charge in [-0.15, -0.1) is 0 Å². The summed E-state index contributed by atoms with van der Waals surface area (Å²) in [6, 6.07) is 2.33. The summed E-state index contributed by atoms with van der Waals surface area (Å²) >= 11 is 6.45. The van der Waals surface area contributed by atoms with Crippen LogP contribution in [-0.2, 0) is 10.0 Å². The van der Waals surface area contributed by atoms with Crippen LogP contribution in [0.1, 0.15) is 13.3 Å². The molecule has 0 unspecified atom stereocenters. The van der Waals surface area contributed by atoms with E-state index in [9.17, 15) is 17.2 Å². The van der Waals surface area contributed by atoms with Gasteiger partial charge < -0.3 is 0 Å². The molecule has 0 atom stereocenters. The van der Waals surface area contributed by atoms with Crippen molar-refractivity contribution in [2.45, 2.75) is 23.8 Å². The molecule has 1 rings (SSSR count). The molecule has 1 aromatic carbocycles. The van der Waals surface area contributed by atoms with E-state index >= 15 is 0 Å². The van der Waals surface area contributed by atoms with E-state index in [0.29, 0.717) is 23.1 Å². The molecule has 0 spiro atoms. The second-order valence-corrected chi connectivity index (χ2v) is 6.85. The SMILES string of the molecule is CCC(CBr)(CBr)NS(=O)(=O)c1cc(F)ccc1F. The highest BCUT2D eigenvalue weighted by atomic mass is 79.9. The number of benzene rings is 1. The number of hydrogen-bond acceptors (Lipinski definition) is 2. The van der Waals surface area contributed by atoms with Crippen LogP contribution in [0, 0.1) is 11.6 Å². The summed E-state index contributed by atoms with van der Waals surface area (Å²) < 4.78 is 53.3. The first kappa shape index (κ1) is 17.0. The molecule has 1 aromatic rings. The maximum absolute atomic E-state index is 13.5. The van der Waals surface area contributed by atoms with E-state index in [-0.39, 0.29) is 0 Å². The lowest BCUT2D eigenvalue weighted by atomic mass is 10.0. The Kier molecular flexibility index (Phi) is 5.91. The maximum Gasteiger partial charge on any atom is 0.244 e. The quantitative estimate of drug-likeness (QED) is 0.718. The van der Waals surface area contributed by atoms with Crippen molar-refractivity contribution in [2.24, 2.45) is 0 Å². The molecule has 0 aliphatic carbocycles. The van der Waals surface area contributed by atoms with Crippen LogP contribution < -0.4 is 4.72 Å². The van der Waals surface area contributed by atoms with Gasteiger partial charge in [0.05, 0.1) is 5.54 Å². The topological polar surface area (TPSA) is 46.2 Å². The van der Waals surface area contributed by atoms with Gasteiger partial charge in [-0.25, -0.2) is 21.9 Å². The summed E-state index contributed by atoms with van der Waals surface area (Å²) in [5.74, 6) is -1.79. The van der Waals surface area contributed by atoms with Crippen molar-refractivity contribution in [2.75, 3.05) is 10.7 Å². The summed E-state index contributed by atoms with van der Waals surface area (Å²) in [6.45, 7) is 1.80. The summed E-state index contributed by atoms with van der Waals surface area (Å²) in [4.78, 5) is -0.688. The van der Waals surface area contributed by atoms with Crippen LogP contribution in [-0.4, -0.2) is 24.6 Å². The Morgan fingerprint density at radius 2 is 1.84 bits per heavy atom. The van der Waals surface area contributed by atoms with Gasteiger partial charge in [0.2, 0.25) is 10.0 Å². The standard InChI is InChI=1S/C11H13Br2F2NO2S/c1-2-11(6-12,7-13)16-19(17,18)10-5-8(14)3-4-9(10)15/h3-5,16H,2,6-7H2,1H3. The number of hydrogen-bond donors (Lipinski definition) is 1. The van der Waals surface area contributed by atoms with Gasteiger partial charge in [-0.3, -0.25) is 0 Å². The second-order valence-electron chi connectivity index (χ2n) is 4.08. The van der Waals surface area contributed by atoms with Crippen LogP contribution >= 0.6 is 31.9 Å². The first-order chi connectivity index (χ1) is 8.80. The number of halogens is 4. The molecule has 0 bridgehead atoms. The minimum atomic E-state index is -4.13. The number of alkyl halides is 2. The minimum absolute atomic E-state index is 0.345. The molecule has 0 aromatic heterocycles. The van der Waals surface area contributed by atoms with Gasteiger partial charge in [0.25, 0.3) is 0 Å². The van der Waals surface area contributed by atoms with Crippen LogP contribution in [0.5, 0.6) is 0 Å². The molecule has 1 N–H and O–H groups in total. The van der Waals surface area contributed by atoms with E-state index < -0.39 is 32.1 Å². The fourth-order valence-corrected chi connectivity index (χ4v) is 5.31. The fourth-order valence-electron chi connectivity index (χ4n) is 1.37. The zero-order chi connectivity index (χ0) is 14.7. The summed E-state index contributed by atoms with van der Waals surface area (Å²) in [5, 5.41) is 0.690. The third-order valence-electron chi connectivity index (χ3n) is 2.72. The van der Waals surface area contributed by atoms with Gasteiger partial charge in [0.1, 0.15) is 16.5 Å². The Balaban J connectivity index is 3.21. The molecule has 0 aliphatic rings. The van der Waals surface area contributed by atoms with Gasteiger partial charge in [-0.2, -0.15) is 0 Å². The van der Waals surface area contributed by atoms with Crippen LogP contribution in [0.2, 0.25) is 0 Å². The number of nitrogens with one attached hydrogen (secondary N) is 1. The summed E-state index contributed by atoms with van der Waals surface area (Å²) in [6.07, 6.45) is 0.486. The molecule has 0 saturated heterocycles. The highest BCUT2D eigenvalue weighted by molar-refractivity contribution is 9.09. The lowest BCUT2D eigenvalue weighted by molar-refractivity contribution is 0.455. The van der Waals surface area contributed by atoms with Crippen LogP contribution in [0.15, 0.2) is 23.1 Å².